The van der Waals surface area contributed by atoms with Gasteiger partial charge in [0.1, 0.15) is 5.60 Å². The van der Waals surface area contributed by atoms with Crippen molar-refractivity contribution in [2.75, 3.05) is 0 Å². The van der Waals surface area contributed by atoms with Crippen LogP contribution in [0.25, 0.3) is 0 Å². The fraction of sp³-hybridized carbons (Fsp3) is 0.857. The van der Waals surface area contributed by atoms with Crippen molar-refractivity contribution >= 4 is 6.09 Å². The molecule has 2 aliphatic carbocycles. The van der Waals surface area contributed by atoms with Crippen LogP contribution in [0.15, 0.2) is 0 Å². The Kier molecular flexibility index (Phi) is 3.04. The Labute approximate surface area is 109 Å². The summed E-state index contributed by atoms with van der Waals surface area (Å²) < 4.78 is 5.32. The number of rotatable bonds is 2. The molecule has 0 aromatic rings. The number of nitrogens with zero attached hydrogens (tertiary/aromatic N) is 1. The lowest BCUT2D eigenvalue weighted by molar-refractivity contribution is -0.0195. The summed E-state index contributed by atoms with van der Waals surface area (Å²) in [6, 6.07) is 2.46. The van der Waals surface area contributed by atoms with Gasteiger partial charge in [-0.05, 0) is 52.9 Å². The fourth-order valence-electron chi connectivity index (χ4n) is 2.98. The topological polar surface area (TPSA) is 62.1 Å². The first kappa shape index (κ1) is 13.2. The molecule has 0 aromatic carbocycles. The van der Waals surface area contributed by atoms with E-state index in [2.05, 4.69) is 11.4 Å². The molecule has 1 N–H and O–H groups in total. The summed E-state index contributed by atoms with van der Waals surface area (Å²) in [5.41, 5.74) is -1.17. The molecule has 0 atom stereocenters. The highest BCUT2D eigenvalue weighted by molar-refractivity contribution is 5.69. The second-order valence-corrected chi connectivity index (χ2v) is 6.61. The maximum Gasteiger partial charge on any atom is 0.408 e. The average Bonchev–Trinajstić information content (AvgIpc) is 2.09. The number of carbonyl (C=O) groups is 1. The number of nitriles is 1. The summed E-state index contributed by atoms with van der Waals surface area (Å²) in [7, 11) is 0. The Balaban J connectivity index is 2.06. The number of amides is 1. The molecule has 4 nitrogen and oxygen atoms in total. The fourth-order valence-corrected chi connectivity index (χ4v) is 2.98. The summed E-state index contributed by atoms with van der Waals surface area (Å²) in [6.45, 7) is 5.55. The number of hydrogen-bond acceptors (Lipinski definition) is 3. The predicted molar refractivity (Wildman–Crippen MR) is 67.8 cm³/mol. The first-order valence-corrected chi connectivity index (χ1v) is 6.75. The summed E-state index contributed by atoms with van der Waals surface area (Å²) in [5.74, 6) is 0. The van der Waals surface area contributed by atoms with Crippen molar-refractivity contribution in [3.63, 3.8) is 0 Å². The van der Waals surface area contributed by atoms with Crippen LogP contribution in [0.2, 0.25) is 0 Å². The Hall–Kier alpha value is -1.24. The van der Waals surface area contributed by atoms with Gasteiger partial charge in [-0.1, -0.05) is 6.42 Å². The molecule has 100 valence electrons. The molecular weight excluding hydrogens is 228 g/mol. The third-order valence-electron chi connectivity index (χ3n) is 4.28. The van der Waals surface area contributed by atoms with Crippen LogP contribution in [-0.4, -0.2) is 17.2 Å². The van der Waals surface area contributed by atoms with E-state index in [0.717, 1.165) is 38.5 Å². The van der Waals surface area contributed by atoms with Crippen LogP contribution in [0.1, 0.15) is 59.3 Å². The lowest BCUT2D eigenvalue weighted by atomic mass is 9.51. The van der Waals surface area contributed by atoms with Gasteiger partial charge < -0.3 is 10.1 Å². The van der Waals surface area contributed by atoms with Crippen molar-refractivity contribution in [2.45, 2.75) is 70.4 Å². The monoisotopic (exact) mass is 250 g/mol. The molecule has 0 aromatic heterocycles. The van der Waals surface area contributed by atoms with Gasteiger partial charge >= 0.3 is 6.09 Å². The van der Waals surface area contributed by atoms with Gasteiger partial charge in [0.05, 0.1) is 17.0 Å². The largest absolute Gasteiger partial charge is 0.444 e. The Bertz CT molecular complexity index is 382. The van der Waals surface area contributed by atoms with Crippen LogP contribution >= 0.6 is 0 Å². The number of hydrogen-bond donors (Lipinski definition) is 1. The van der Waals surface area contributed by atoms with Crippen molar-refractivity contribution in [3.05, 3.63) is 0 Å². The highest BCUT2D eigenvalue weighted by Gasteiger charge is 2.59. The summed E-state index contributed by atoms with van der Waals surface area (Å²) >= 11 is 0. The van der Waals surface area contributed by atoms with Crippen LogP contribution in [0.5, 0.6) is 0 Å². The SMILES string of the molecule is CC(C)(C)OC(=O)NC1(C2(C#N)CCC2)CCC1. The van der Waals surface area contributed by atoms with E-state index >= 15 is 0 Å². The molecule has 0 spiro atoms. The van der Waals surface area contributed by atoms with Crippen LogP contribution in [0.4, 0.5) is 4.79 Å². The van der Waals surface area contributed by atoms with E-state index in [4.69, 9.17) is 4.74 Å². The second kappa shape index (κ2) is 4.15. The van der Waals surface area contributed by atoms with Gasteiger partial charge in [-0.25, -0.2) is 4.79 Å². The Morgan fingerprint density at radius 3 is 2.06 bits per heavy atom. The molecule has 1 amide bonds. The van der Waals surface area contributed by atoms with E-state index < -0.39 is 5.60 Å². The predicted octanol–water partition coefficient (Wildman–Crippen LogP) is 3.13. The lowest BCUT2D eigenvalue weighted by Gasteiger charge is -2.56. The van der Waals surface area contributed by atoms with Gasteiger partial charge in [0, 0.05) is 0 Å². The quantitative estimate of drug-likeness (QED) is 0.819. The van der Waals surface area contributed by atoms with E-state index in [0.29, 0.717) is 0 Å². The summed E-state index contributed by atoms with van der Waals surface area (Å²) in [6.07, 6.45) is 5.40. The molecule has 0 unspecified atom stereocenters. The van der Waals surface area contributed by atoms with E-state index in [1.807, 2.05) is 20.8 Å². The molecule has 2 rings (SSSR count). The van der Waals surface area contributed by atoms with Crippen molar-refractivity contribution in [1.82, 2.24) is 5.32 Å². The van der Waals surface area contributed by atoms with Crippen LogP contribution in [-0.2, 0) is 4.74 Å². The molecule has 0 aliphatic heterocycles. The van der Waals surface area contributed by atoms with Gasteiger partial charge in [-0.15, -0.1) is 0 Å². The van der Waals surface area contributed by atoms with Crippen molar-refractivity contribution < 1.29 is 9.53 Å². The normalized spacial score (nSPS) is 24.1. The minimum absolute atomic E-state index is 0.331. The van der Waals surface area contributed by atoms with Gasteiger partial charge in [-0.3, -0.25) is 0 Å². The molecule has 0 saturated heterocycles. The zero-order valence-electron chi connectivity index (χ0n) is 11.5. The third-order valence-corrected chi connectivity index (χ3v) is 4.28. The van der Waals surface area contributed by atoms with Gasteiger partial charge in [0.2, 0.25) is 0 Å². The van der Waals surface area contributed by atoms with Gasteiger partial charge in [0.15, 0.2) is 0 Å². The molecule has 2 fully saturated rings. The smallest absolute Gasteiger partial charge is 0.408 e. The van der Waals surface area contributed by atoms with Crippen LogP contribution in [0, 0.1) is 16.7 Å². The molecule has 0 bridgehead atoms. The molecular formula is C14H22N2O2. The number of nitrogens with one attached hydrogen (secondary N) is 1. The number of alkyl carbamates (subject to hydrolysis) is 1. The highest BCUT2D eigenvalue weighted by atomic mass is 16.6. The van der Waals surface area contributed by atoms with Crippen LogP contribution < -0.4 is 5.32 Å². The first-order valence-electron chi connectivity index (χ1n) is 6.75. The van der Waals surface area contributed by atoms with E-state index in [9.17, 15) is 10.1 Å². The first-order chi connectivity index (χ1) is 8.33. The summed E-state index contributed by atoms with van der Waals surface area (Å²) in [5, 5.41) is 12.4. The molecule has 0 heterocycles. The zero-order chi connectivity index (χ0) is 13.4. The minimum atomic E-state index is -0.492. The maximum absolute atomic E-state index is 11.9. The van der Waals surface area contributed by atoms with Crippen molar-refractivity contribution in [1.29, 1.82) is 5.26 Å². The van der Waals surface area contributed by atoms with E-state index in [1.54, 1.807) is 0 Å². The maximum atomic E-state index is 11.9. The number of carbonyl (C=O) groups excluding carboxylic acids is 1. The number of ether oxygens (including phenoxy) is 1. The van der Waals surface area contributed by atoms with Gasteiger partial charge in [0.25, 0.3) is 0 Å². The molecule has 0 radical (unpaired) electrons. The molecule has 4 heteroatoms. The van der Waals surface area contributed by atoms with Gasteiger partial charge in [-0.2, -0.15) is 5.26 Å². The second-order valence-electron chi connectivity index (χ2n) is 6.61. The standard InChI is InChI=1S/C14H22N2O2/c1-12(2,3)18-11(17)16-14(8-5-9-14)13(10-15)6-4-7-13/h4-9H2,1-3H3,(H,16,17). The van der Waals surface area contributed by atoms with Crippen molar-refractivity contribution in [3.8, 4) is 6.07 Å². The Morgan fingerprint density at radius 2 is 1.78 bits per heavy atom. The molecule has 18 heavy (non-hydrogen) atoms. The Morgan fingerprint density at radius 1 is 1.22 bits per heavy atom. The van der Waals surface area contributed by atoms with E-state index in [1.165, 1.54) is 0 Å². The summed E-state index contributed by atoms with van der Waals surface area (Å²) in [4.78, 5) is 11.9. The minimum Gasteiger partial charge on any atom is -0.444 e. The zero-order valence-corrected chi connectivity index (χ0v) is 11.5. The average molecular weight is 250 g/mol. The molecule has 2 aliphatic rings. The van der Waals surface area contributed by atoms with E-state index in [-0.39, 0.29) is 17.0 Å². The lowest BCUT2D eigenvalue weighted by Crippen LogP contribution is -2.66. The highest BCUT2D eigenvalue weighted by Crippen LogP contribution is 2.56. The molecule has 2 saturated carbocycles. The van der Waals surface area contributed by atoms with Crippen LogP contribution in [0.3, 0.4) is 0 Å². The van der Waals surface area contributed by atoms with Crippen molar-refractivity contribution in [2.24, 2.45) is 5.41 Å². The third kappa shape index (κ3) is 2.07.